The van der Waals surface area contributed by atoms with Crippen LogP contribution in [0.25, 0.3) is 0 Å². The van der Waals surface area contributed by atoms with E-state index >= 15 is 0 Å². The van der Waals surface area contributed by atoms with Crippen molar-refractivity contribution >= 4 is 17.4 Å². The van der Waals surface area contributed by atoms with Crippen LogP contribution in [0.5, 0.6) is 0 Å². The summed E-state index contributed by atoms with van der Waals surface area (Å²) in [6.45, 7) is 2.63. The average Bonchev–Trinajstić information content (AvgIpc) is 2.44. The molecule has 2 aromatic rings. The summed E-state index contributed by atoms with van der Waals surface area (Å²) in [5, 5.41) is 5.58. The third-order valence-corrected chi connectivity index (χ3v) is 2.95. The van der Waals surface area contributed by atoms with Crippen molar-refractivity contribution in [1.82, 2.24) is 0 Å². The van der Waals surface area contributed by atoms with E-state index in [1.807, 2.05) is 55.5 Å². The first-order valence-electron chi connectivity index (χ1n) is 6.61. The topological polar surface area (TPSA) is 67.2 Å². The zero-order valence-corrected chi connectivity index (χ0v) is 11.5. The molecule has 0 saturated carbocycles. The van der Waals surface area contributed by atoms with E-state index in [9.17, 15) is 4.79 Å². The second kappa shape index (κ2) is 6.73. The van der Waals surface area contributed by atoms with Gasteiger partial charge in [0.15, 0.2) is 0 Å². The molecule has 0 saturated heterocycles. The highest BCUT2D eigenvalue weighted by Crippen LogP contribution is 2.12. The number of aryl methyl sites for hydroxylation is 1. The van der Waals surface area contributed by atoms with Crippen LogP contribution >= 0.6 is 0 Å². The van der Waals surface area contributed by atoms with Gasteiger partial charge in [0, 0.05) is 11.4 Å². The summed E-state index contributed by atoms with van der Waals surface area (Å²) < 4.78 is 0. The predicted molar refractivity (Wildman–Crippen MR) is 83.0 cm³/mol. The maximum absolute atomic E-state index is 11.8. The van der Waals surface area contributed by atoms with Gasteiger partial charge in [0.1, 0.15) is 0 Å². The Hall–Kier alpha value is -2.33. The van der Waals surface area contributed by atoms with Gasteiger partial charge in [-0.1, -0.05) is 29.8 Å². The smallest absolute Gasteiger partial charge is 0.323 e. The summed E-state index contributed by atoms with van der Waals surface area (Å²) >= 11 is 0. The van der Waals surface area contributed by atoms with E-state index in [4.69, 9.17) is 5.73 Å². The number of urea groups is 1. The van der Waals surface area contributed by atoms with Crippen LogP contribution in [0.4, 0.5) is 16.2 Å². The molecule has 0 aromatic heterocycles. The molecule has 2 rings (SSSR count). The second-order valence-corrected chi connectivity index (χ2v) is 4.68. The molecule has 0 atom stereocenters. The number of nitrogens with two attached hydrogens (primary N) is 1. The van der Waals surface area contributed by atoms with Crippen molar-refractivity contribution in [3.8, 4) is 0 Å². The molecular formula is C16H19N3O. The number of anilines is 2. The monoisotopic (exact) mass is 269 g/mol. The Labute approximate surface area is 119 Å². The lowest BCUT2D eigenvalue weighted by atomic mass is 10.1. The van der Waals surface area contributed by atoms with Crippen molar-refractivity contribution in [3.05, 3.63) is 59.7 Å². The quantitative estimate of drug-likeness (QED) is 0.798. The fraction of sp³-hybridized carbons (Fsp3) is 0.188. The highest BCUT2D eigenvalue weighted by atomic mass is 16.2. The van der Waals surface area contributed by atoms with Crippen LogP contribution in [0.15, 0.2) is 48.5 Å². The Morgan fingerprint density at radius 3 is 1.95 bits per heavy atom. The van der Waals surface area contributed by atoms with Crippen molar-refractivity contribution in [2.45, 2.75) is 13.3 Å². The summed E-state index contributed by atoms with van der Waals surface area (Å²) in [5.74, 6) is 0. The van der Waals surface area contributed by atoms with Crippen LogP contribution in [0.1, 0.15) is 11.1 Å². The lowest BCUT2D eigenvalue weighted by Crippen LogP contribution is -2.19. The van der Waals surface area contributed by atoms with Crippen LogP contribution in [0.3, 0.4) is 0 Å². The molecule has 0 spiro atoms. The molecule has 0 aliphatic carbocycles. The van der Waals surface area contributed by atoms with E-state index in [2.05, 4.69) is 10.6 Å². The number of benzene rings is 2. The molecule has 4 nitrogen and oxygen atoms in total. The molecule has 0 heterocycles. The van der Waals surface area contributed by atoms with E-state index in [1.54, 1.807) is 0 Å². The Morgan fingerprint density at radius 1 is 0.950 bits per heavy atom. The number of hydrogen-bond acceptors (Lipinski definition) is 2. The molecule has 104 valence electrons. The summed E-state index contributed by atoms with van der Waals surface area (Å²) in [4.78, 5) is 11.8. The van der Waals surface area contributed by atoms with Crippen LogP contribution in [-0.4, -0.2) is 12.6 Å². The largest absolute Gasteiger partial charge is 0.330 e. The van der Waals surface area contributed by atoms with E-state index in [0.717, 1.165) is 28.9 Å². The molecule has 20 heavy (non-hydrogen) atoms. The summed E-state index contributed by atoms with van der Waals surface area (Å²) in [5.41, 5.74) is 9.35. The number of hydrogen-bond donors (Lipinski definition) is 3. The lowest BCUT2D eigenvalue weighted by Gasteiger charge is -2.08. The normalized spacial score (nSPS) is 10.1. The molecule has 4 heteroatoms. The van der Waals surface area contributed by atoms with Gasteiger partial charge in [-0.3, -0.25) is 0 Å². The Bertz CT molecular complexity index is 561. The molecule has 2 amide bonds. The average molecular weight is 269 g/mol. The Kier molecular flexibility index (Phi) is 4.74. The summed E-state index contributed by atoms with van der Waals surface area (Å²) in [6, 6.07) is 15.1. The first-order chi connectivity index (χ1) is 9.67. The SMILES string of the molecule is Cc1ccc(NC(=O)Nc2ccc(CCN)cc2)cc1. The zero-order valence-electron chi connectivity index (χ0n) is 11.5. The first-order valence-corrected chi connectivity index (χ1v) is 6.61. The standard InChI is InChI=1S/C16H19N3O/c1-12-2-6-14(7-3-12)18-16(20)19-15-8-4-13(5-9-15)10-11-17/h2-9H,10-11,17H2,1H3,(H2,18,19,20). The molecule has 0 bridgehead atoms. The van der Waals surface area contributed by atoms with E-state index in [-0.39, 0.29) is 6.03 Å². The van der Waals surface area contributed by atoms with Crippen LogP contribution in [0, 0.1) is 6.92 Å². The predicted octanol–water partition coefficient (Wildman–Crippen LogP) is 3.14. The number of amides is 2. The van der Waals surface area contributed by atoms with E-state index in [0.29, 0.717) is 6.54 Å². The molecule has 0 aliphatic rings. The van der Waals surface area contributed by atoms with Crippen molar-refractivity contribution < 1.29 is 4.79 Å². The van der Waals surface area contributed by atoms with Crippen molar-refractivity contribution in [2.75, 3.05) is 17.2 Å². The van der Waals surface area contributed by atoms with Crippen LogP contribution in [0.2, 0.25) is 0 Å². The molecule has 2 aromatic carbocycles. The van der Waals surface area contributed by atoms with Crippen LogP contribution in [-0.2, 0) is 6.42 Å². The molecule has 4 N–H and O–H groups in total. The minimum atomic E-state index is -0.250. The van der Waals surface area contributed by atoms with Gasteiger partial charge >= 0.3 is 6.03 Å². The van der Waals surface area contributed by atoms with Gasteiger partial charge in [0.25, 0.3) is 0 Å². The molecule has 0 aliphatic heterocycles. The third-order valence-electron chi connectivity index (χ3n) is 2.95. The van der Waals surface area contributed by atoms with Gasteiger partial charge in [-0.15, -0.1) is 0 Å². The zero-order chi connectivity index (χ0) is 14.4. The fourth-order valence-electron chi connectivity index (χ4n) is 1.85. The van der Waals surface area contributed by atoms with Crippen molar-refractivity contribution in [3.63, 3.8) is 0 Å². The Balaban J connectivity index is 1.92. The summed E-state index contributed by atoms with van der Waals surface area (Å²) in [6.07, 6.45) is 0.843. The fourth-order valence-corrected chi connectivity index (χ4v) is 1.85. The maximum Gasteiger partial charge on any atom is 0.323 e. The maximum atomic E-state index is 11.8. The molecule has 0 unspecified atom stereocenters. The lowest BCUT2D eigenvalue weighted by molar-refractivity contribution is 0.262. The van der Waals surface area contributed by atoms with Gasteiger partial charge < -0.3 is 16.4 Å². The van der Waals surface area contributed by atoms with E-state index in [1.165, 1.54) is 0 Å². The Morgan fingerprint density at radius 2 is 1.45 bits per heavy atom. The van der Waals surface area contributed by atoms with Crippen LogP contribution < -0.4 is 16.4 Å². The number of carbonyl (C=O) groups excluding carboxylic acids is 1. The van der Waals surface area contributed by atoms with Gasteiger partial charge in [-0.25, -0.2) is 4.79 Å². The summed E-state index contributed by atoms with van der Waals surface area (Å²) in [7, 11) is 0. The van der Waals surface area contributed by atoms with Gasteiger partial charge in [0.05, 0.1) is 0 Å². The van der Waals surface area contributed by atoms with E-state index < -0.39 is 0 Å². The van der Waals surface area contributed by atoms with Crippen molar-refractivity contribution in [1.29, 1.82) is 0 Å². The second-order valence-electron chi connectivity index (χ2n) is 4.68. The molecule has 0 fully saturated rings. The van der Waals surface area contributed by atoms with Crippen molar-refractivity contribution in [2.24, 2.45) is 5.73 Å². The van der Waals surface area contributed by atoms with Gasteiger partial charge in [0.2, 0.25) is 0 Å². The van der Waals surface area contributed by atoms with Gasteiger partial charge in [-0.05, 0) is 49.7 Å². The van der Waals surface area contributed by atoms with Gasteiger partial charge in [-0.2, -0.15) is 0 Å². The number of nitrogens with one attached hydrogen (secondary N) is 2. The number of rotatable bonds is 4. The minimum Gasteiger partial charge on any atom is -0.330 e. The third kappa shape index (κ3) is 4.10. The molecular weight excluding hydrogens is 250 g/mol. The molecule has 0 radical (unpaired) electrons. The number of carbonyl (C=O) groups is 1. The first kappa shape index (κ1) is 14.1. The highest BCUT2D eigenvalue weighted by molar-refractivity contribution is 5.99. The highest BCUT2D eigenvalue weighted by Gasteiger charge is 2.02. The minimum absolute atomic E-state index is 0.250.